The summed E-state index contributed by atoms with van der Waals surface area (Å²) in [5.74, 6) is -1.70. The minimum atomic E-state index is -0.886. The highest BCUT2D eigenvalue weighted by molar-refractivity contribution is 9.10. The summed E-state index contributed by atoms with van der Waals surface area (Å²) in [5, 5.41) is 2.18. The van der Waals surface area contributed by atoms with Crippen molar-refractivity contribution in [3.63, 3.8) is 0 Å². The van der Waals surface area contributed by atoms with Gasteiger partial charge in [0.2, 0.25) is 0 Å². The molecule has 0 bridgehead atoms. The van der Waals surface area contributed by atoms with E-state index in [-0.39, 0.29) is 23.4 Å². The Kier molecular flexibility index (Phi) is 7.07. The van der Waals surface area contributed by atoms with Crippen LogP contribution >= 0.6 is 15.9 Å². The van der Waals surface area contributed by atoms with Crippen LogP contribution in [0.4, 0.5) is 10.5 Å². The van der Waals surface area contributed by atoms with Gasteiger partial charge in [-0.15, -0.1) is 0 Å². The molecule has 1 saturated heterocycles. The average molecular weight is 535 g/mol. The number of nitrogens with zero attached hydrogens (tertiary/aromatic N) is 1. The number of rotatable bonds is 6. The molecule has 8 nitrogen and oxygen atoms in total. The quantitative estimate of drug-likeness (QED) is 0.284. The van der Waals surface area contributed by atoms with Gasteiger partial charge in [-0.2, -0.15) is 0 Å². The number of methoxy groups -OCH3 is 1. The fourth-order valence-electron chi connectivity index (χ4n) is 3.38. The number of esters is 1. The molecule has 0 aromatic heterocycles. The van der Waals surface area contributed by atoms with Crippen molar-refractivity contribution < 1.29 is 28.7 Å². The summed E-state index contributed by atoms with van der Waals surface area (Å²) >= 11 is 3.39. The van der Waals surface area contributed by atoms with Gasteiger partial charge in [0.25, 0.3) is 11.8 Å². The van der Waals surface area contributed by atoms with Gasteiger partial charge in [0.1, 0.15) is 17.9 Å². The predicted molar refractivity (Wildman–Crippen MR) is 132 cm³/mol. The van der Waals surface area contributed by atoms with E-state index in [2.05, 4.69) is 26.0 Å². The molecule has 35 heavy (non-hydrogen) atoms. The maximum Gasteiger partial charge on any atom is 0.337 e. The van der Waals surface area contributed by atoms with Crippen LogP contribution in [0.5, 0.6) is 5.75 Å². The number of hydrogen-bond acceptors (Lipinski definition) is 6. The summed E-state index contributed by atoms with van der Waals surface area (Å²) in [6, 6.07) is 19.4. The highest BCUT2D eigenvalue weighted by Crippen LogP contribution is 2.26. The van der Waals surface area contributed by atoms with Crippen molar-refractivity contribution in [1.29, 1.82) is 0 Å². The molecular formula is C26H19BrN2O6. The number of amides is 4. The topological polar surface area (TPSA) is 102 Å². The lowest BCUT2D eigenvalue weighted by molar-refractivity contribution is -0.122. The third-order valence-electron chi connectivity index (χ3n) is 5.17. The Balaban J connectivity index is 1.61. The minimum Gasteiger partial charge on any atom is -0.488 e. The second kappa shape index (κ2) is 10.4. The van der Waals surface area contributed by atoms with Gasteiger partial charge in [-0.3, -0.25) is 14.9 Å². The largest absolute Gasteiger partial charge is 0.488 e. The molecule has 9 heteroatoms. The molecule has 0 atom stereocenters. The zero-order chi connectivity index (χ0) is 24.9. The van der Waals surface area contributed by atoms with E-state index in [1.807, 2.05) is 24.3 Å². The van der Waals surface area contributed by atoms with E-state index in [0.29, 0.717) is 11.3 Å². The van der Waals surface area contributed by atoms with Gasteiger partial charge in [0, 0.05) is 10.0 Å². The van der Waals surface area contributed by atoms with E-state index in [1.165, 1.54) is 37.5 Å². The molecule has 1 N–H and O–H groups in total. The molecule has 1 aliphatic heterocycles. The van der Waals surface area contributed by atoms with E-state index in [9.17, 15) is 19.2 Å². The zero-order valence-corrected chi connectivity index (χ0v) is 20.1. The van der Waals surface area contributed by atoms with Gasteiger partial charge >= 0.3 is 12.0 Å². The van der Waals surface area contributed by atoms with Crippen LogP contribution in [-0.2, 0) is 20.9 Å². The van der Waals surface area contributed by atoms with Gasteiger partial charge in [-0.05, 0) is 54.1 Å². The van der Waals surface area contributed by atoms with Crippen LogP contribution < -0.4 is 15.0 Å². The summed E-state index contributed by atoms with van der Waals surface area (Å²) in [5.41, 5.74) is 1.65. The number of imide groups is 2. The first-order valence-corrected chi connectivity index (χ1v) is 11.2. The van der Waals surface area contributed by atoms with E-state index < -0.39 is 23.8 Å². The molecule has 3 aromatic carbocycles. The monoisotopic (exact) mass is 534 g/mol. The standard InChI is InChI=1S/C26H19BrN2O6/c1-34-25(32)17-8-12-20(13-9-17)29-24(31)21(23(30)28-26(29)33)14-18-4-2-3-5-22(18)35-15-16-6-10-19(27)11-7-16/h2-14H,15H2,1H3,(H,28,30,33)/b21-14+. The molecule has 1 aliphatic rings. The smallest absolute Gasteiger partial charge is 0.337 e. The van der Waals surface area contributed by atoms with Crippen LogP contribution in [0.2, 0.25) is 0 Å². The Labute approximate surface area is 209 Å². The molecule has 0 saturated carbocycles. The molecule has 4 rings (SSSR count). The van der Waals surface area contributed by atoms with Crippen LogP contribution in [0.15, 0.2) is 82.8 Å². The summed E-state index contributed by atoms with van der Waals surface area (Å²) in [6.07, 6.45) is 1.39. The first-order chi connectivity index (χ1) is 16.9. The minimum absolute atomic E-state index is 0.193. The maximum absolute atomic E-state index is 13.2. The third-order valence-corrected chi connectivity index (χ3v) is 5.70. The van der Waals surface area contributed by atoms with Crippen molar-refractivity contribution in [1.82, 2.24) is 5.32 Å². The number of carbonyl (C=O) groups is 4. The Morgan fingerprint density at radius 3 is 2.34 bits per heavy atom. The van der Waals surface area contributed by atoms with E-state index >= 15 is 0 Å². The average Bonchev–Trinajstić information content (AvgIpc) is 2.86. The molecule has 0 aliphatic carbocycles. The number of carbonyl (C=O) groups excluding carboxylic acids is 4. The number of nitrogens with one attached hydrogen (secondary N) is 1. The fraction of sp³-hybridized carbons (Fsp3) is 0.0769. The van der Waals surface area contributed by atoms with Gasteiger partial charge in [0.15, 0.2) is 0 Å². The molecule has 0 radical (unpaired) electrons. The van der Waals surface area contributed by atoms with Gasteiger partial charge in [-0.25, -0.2) is 14.5 Å². The fourth-order valence-corrected chi connectivity index (χ4v) is 3.65. The zero-order valence-electron chi connectivity index (χ0n) is 18.5. The Bertz CT molecular complexity index is 1330. The number of barbiturate groups is 1. The number of benzene rings is 3. The van der Waals surface area contributed by atoms with Crippen molar-refractivity contribution in [2.75, 3.05) is 12.0 Å². The second-order valence-corrected chi connectivity index (χ2v) is 8.36. The highest BCUT2D eigenvalue weighted by atomic mass is 79.9. The Morgan fingerprint density at radius 1 is 0.971 bits per heavy atom. The lowest BCUT2D eigenvalue weighted by atomic mass is 10.1. The number of anilines is 1. The molecule has 176 valence electrons. The number of urea groups is 1. The summed E-state index contributed by atoms with van der Waals surface area (Å²) in [4.78, 5) is 50.7. The number of ether oxygens (including phenoxy) is 2. The second-order valence-electron chi connectivity index (χ2n) is 7.45. The van der Waals surface area contributed by atoms with Crippen molar-refractivity contribution >= 4 is 51.5 Å². The number of halogens is 1. The van der Waals surface area contributed by atoms with Crippen molar-refractivity contribution in [2.24, 2.45) is 0 Å². The highest BCUT2D eigenvalue weighted by Gasteiger charge is 2.37. The van der Waals surface area contributed by atoms with Gasteiger partial charge in [0.05, 0.1) is 18.4 Å². The Hall–Kier alpha value is -4.24. The van der Waals surface area contributed by atoms with Crippen molar-refractivity contribution in [3.05, 3.63) is 99.5 Å². The normalized spacial score (nSPS) is 14.6. The van der Waals surface area contributed by atoms with Gasteiger partial charge in [-0.1, -0.05) is 46.3 Å². The predicted octanol–water partition coefficient (Wildman–Crippen LogP) is 4.48. The lowest BCUT2D eigenvalue weighted by Crippen LogP contribution is -2.54. The van der Waals surface area contributed by atoms with Gasteiger partial charge < -0.3 is 9.47 Å². The third kappa shape index (κ3) is 5.30. The molecule has 3 aromatic rings. The molecule has 0 unspecified atom stereocenters. The van der Waals surface area contributed by atoms with Crippen LogP contribution in [0.25, 0.3) is 6.08 Å². The van der Waals surface area contributed by atoms with Crippen molar-refractivity contribution in [2.45, 2.75) is 6.61 Å². The summed E-state index contributed by atoms with van der Waals surface area (Å²) in [7, 11) is 1.25. The maximum atomic E-state index is 13.2. The lowest BCUT2D eigenvalue weighted by Gasteiger charge is -2.26. The van der Waals surface area contributed by atoms with Crippen LogP contribution in [-0.4, -0.2) is 30.9 Å². The van der Waals surface area contributed by atoms with E-state index in [1.54, 1.807) is 24.3 Å². The molecule has 4 amide bonds. The molecule has 1 fully saturated rings. The molecular weight excluding hydrogens is 516 g/mol. The van der Waals surface area contributed by atoms with Crippen molar-refractivity contribution in [3.8, 4) is 5.75 Å². The summed E-state index contributed by atoms with van der Waals surface area (Å²) in [6.45, 7) is 0.283. The first-order valence-electron chi connectivity index (χ1n) is 10.4. The molecule has 1 heterocycles. The van der Waals surface area contributed by atoms with Crippen LogP contribution in [0.1, 0.15) is 21.5 Å². The first kappa shape index (κ1) is 23.9. The molecule has 0 spiro atoms. The number of hydrogen-bond donors (Lipinski definition) is 1. The SMILES string of the molecule is COC(=O)c1ccc(N2C(=O)NC(=O)/C(=C\c3ccccc3OCc3ccc(Br)cc3)C2=O)cc1. The van der Waals surface area contributed by atoms with Crippen LogP contribution in [0.3, 0.4) is 0 Å². The summed E-state index contributed by atoms with van der Waals surface area (Å²) < 4.78 is 11.5. The van der Waals surface area contributed by atoms with Crippen LogP contribution in [0, 0.1) is 0 Å². The number of para-hydroxylation sites is 1. The van der Waals surface area contributed by atoms with E-state index in [4.69, 9.17) is 4.74 Å². The Morgan fingerprint density at radius 2 is 1.66 bits per heavy atom. The van der Waals surface area contributed by atoms with E-state index in [0.717, 1.165) is 14.9 Å².